The van der Waals surface area contributed by atoms with Crippen molar-refractivity contribution in [3.63, 3.8) is 0 Å². The van der Waals surface area contributed by atoms with Gasteiger partial charge in [0.25, 0.3) is 0 Å². The van der Waals surface area contributed by atoms with Gasteiger partial charge in [-0.15, -0.1) is 0 Å². The lowest BCUT2D eigenvalue weighted by Gasteiger charge is -2.19. The van der Waals surface area contributed by atoms with Crippen molar-refractivity contribution >= 4 is 0 Å². The molecule has 198 valence electrons. The number of para-hydroxylation sites is 2. The number of halogens is 1. The van der Waals surface area contributed by atoms with Gasteiger partial charge in [-0.25, -0.2) is 9.13 Å². The summed E-state index contributed by atoms with van der Waals surface area (Å²) in [5, 5.41) is 0. The Hall–Kier alpha value is -2.46. The molecule has 3 rings (SSSR count). The molecule has 0 saturated carbocycles. The van der Waals surface area contributed by atoms with E-state index < -0.39 is 0 Å². The van der Waals surface area contributed by atoms with E-state index in [0.29, 0.717) is 36.9 Å². The van der Waals surface area contributed by atoms with Gasteiger partial charge < -0.3 is 21.9 Å². The second kappa shape index (κ2) is 13.7. The van der Waals surface area contributed by atoms with Gasteiger partial charge in [0.2, 0.25) is 6.33 Å². The smallest absolute Gasteiger partial charge is 0.244 e. The summed E-state index contributed by atoms with van der Waals surface area (Å²) in [6.45, 7) is 20.7. The first-order chi connectivity index (χ1) is 16.7. The Bertz CT molecular complexity index is 949. The fourth-order valence-electron chi connectivity index (χ4n) is 4.51. The fraction of sp³-hybridized carbons (Fsp3) is 0.516. The van der Waals surface area contributed by atoms with E-state index in [1.165, 1.54) is 22.3 Å². The maximum Gasteiger partial charge on any atom is 0.244 e. The van der Waals surface area contributed by atoms with Gasteiger partial charge >= 0.3 is 0 Å². The van der Waals surface area contributed by atoms with Crippen molar-refractivity contribution in [2.45, 2.75) is 92.2 Å². The lowest BCUT2D eigenvalue weighted by atomic mass is 9.94. The minimum absolute atomic E-state index is 0. The SMILES string of the molecule is CC(C)c1cccc(C(C)C)c1OCCn1cc[n+](CCOc2c(C(C)C)cccc2C(C)C)c1.[Cl-]. The molecule has 36 heavy (non-hydrogen) atoms. The highest BCUT2D eigenvalue weighted by Crippen LogP contribution is 2.35. The maximum absolute atomic E-state index is 6.36. The first-order valence-corrected chi connectivity index (χ1v) is 13.2. The van der Waals surface area contributed by atoms with Gasteiger partial charge in [-0.05, 0) is 45.9 Å². The minimum atomic E-state index is 0. The molecule has 0 radical (unpaired) electrons. The summed E-state index contributed by atoms with van der Waals surface area (Å²) in [4.78, 5) is 0. The van der Waals surface area contributed by atoms with Crippen LogP contribution in [0.2, 0.25) is 0 Å². The molecule has 3 aromatic rings. The van der Waals surface area contributed by atoms with Crippen LogP contribution in [0.3, 0.4) is 0 Å². The van der Waals surface area contributed by atoms with E-state index >= 15 is 0 Å². The second-order valence-corrected chi connectivity index (χ2v) is 10.7. The topological polar surface area (TPSA) is 27.3 Å². The maximum atomic E-state index is 6.36. The average molecular weight is 513 g/mol. The molecule has 0 aliphatic heterocycles. The zero-order valence-corrected chi connectivity index (χ0v) is 24.2. The number of ether oxygens (including phenoxy) is 2. The number of imidazole rings is 1. The fourth-order valence-corrected chi connectivity index (χ4v) is 4.51. The molecule has 0 bridgehead atoms. The molecule has 0 aliphatic carbocycles. The monoisotopic (exact) mass is 512 g/mol. The van der Waals surface area contributed by atoms with Gasteiger partial charge in [-0.3, -0.25) is 0 Å². The Morgan fingerprint density at radius 3 is 1.50 bits per heavy atom. The summed E-state index contributed by atoms with van der Waals surface area (Å²) in [6, 6.07) is 13.1. The van der Waals surface area contributed by atoms with Crippen LogP contribution in [-0.4, -0.2) is 17.8 Å². The van der Waals surface area contributed by atoms with Crippen molar-refractivity contribution < 1.29 is 26.4 Å². The van der Waals surface area contributed by atoms with Crippen LogP contribution < -0.4 is 26.4 Å². The number of hydrogen-bond acceptors (Lipinski definition) is 2. The number of rotatable bonds is 12. The van der Waals surface area contributed by atoms with Crippen LogP contribution >= 0.6 is 0 Å². The van der Waals surface area contributed by atoms with E-state index in [0.717, 1.165) is 24.6 Å². The first-order valence-electron chi connectivity index (χ1n) is 13.2. The van der Waals surface area contributed by atoms with Crippen LogP contribution in [-0.2, 0) is 13.1 Å². The molecule has 0 aliphatic rings. The highest BCUT2D eigenvalue weighted by molar-refractivity contribution is 5.45. The van der Waals surface area contributed by atoms with Gasteiger partial charge in [-0.2, -0.15) is 0 Å². The molecule has 1 heterocycles. The van der Waals surface area contributed by atoms with Crippen molar-refractivity contribution in [2.24, 2.45) is 0 Å². The molecule has 4 nitrogen and oxygen atoms in total. The van der Waals surface area contributed by atoms with E-state index in [-0.39, 0.29) is 12.4 Å². The number of hydrogen-bond donors (Lipinski definition) is 0. The number of aromatic nitrogens is 2. The molecule has 0 unspecified atom stereocenters. The summed E-state index contributed by atoms with van der Waals surface area (Å²) in [6.07, 6.45) is 6.37. The van der Waals surface area contributed by atoms with Crippen LogP contribution in [0.25, 0.3) is 0 Å². The molecule has 2 aromatic carbocycles. The van der Waals surface area contributed by atoms with Crippen LogP contribution in [0.5, 0.6) is 11.5 Å². The summed E-state index contributed by atoms with van der Waals surface area (Å²) in [7, 11) is 0. The molecule has 0 spiro atoms. The Morgan fingerprint density at radius 1 is 0.667 bits per heavy atom. The van der Waals surface area contributed by atoms with Crippen LogP contribution in [0.1, 0.15) is 101 Å². The summed E-state index contributed by atoms with van der Waals surface area (Å²) < 4.78 is 17.1. The highest BCUT2D eigenvalue weighted by atomic mass is 35.5. The molecule has 5 heteroatoms. The van der Waals surface area contributed by atoms with E-state index in [1.807, 2.05) is 0 Å². The predicted octanol–water partition coefficient (Wildman–Crippen LogP) is 4.43. The standard InChI is InChI=1S/C31H45N2O2.ClH/c1-22(2)26-11-9-12-27(23(3)4)30(26)34-19-17-32-15-16-33(21-32)18-20-35-31-28(24(5)6)13-10-14-29(31)25(7)8;/h9-16,21-25H,17-20H2,1-8H3;1H/q+1;/p-1. The summed E-state index contributed by atoms with van der Waals surface area (Å²) in [5.41, 5.74) is 5.16. The van der Waals surface area contributed by atoms with E-state index in [9.17, 15) is 0 Å². The van der Waals surface area contributed by atoms with E-state index in [1.54, 1.807) is 0 Å². The van der Waals surface area contributed by atoms with Crippen LogP contribution in [0, 0.1) is 0 Å². The first kappa shape index (κ1) is 29.8. The normalized spacial score (nSPS) is 11.4. The third-order valence-corrected chi connectivity index (χ3v) is 6.58. The third-order valence-electron chi connectivity index (χ3n) is 6.58. The molecule has 0 atom stereocenters. The predicted molar refractivity (Wildman–Crippen MR) is 145 cm³/mol. The number of nitrogens with zero attached hydrogens (tertiary/aromatic N) is 2. The van der Waals surface area contributed by atoms with Crippen molar-refractivity contribution in [3.05, 3.63) is 77.4 Å². The zero-order valence-electron chi connectivity index (χ0n) is 23.4. The molecule has 0 N–H and O–H groups in total. The minimum Gasteiger partial charge on any atom is -1.00 e. The second-order valence-electron chi connectivity index (χ2n) is 10.7. The quantitative estimate of drug-likeness (QED) is 0.336. The van der Waals surface area contributed by atoms with Gasteiger partial charge in [0, 0.05) is 0 Å². The summed E-state index contributed by atoms with van der Waals surface area (Å²) >= 11 is 0. The Morgan fingerprint density at radius 2 is 1.08 bits per heavy atom. The lowest BCUT2D eigenvalue weighted by molar-refractivity contribution is -0.697. The molecule has 0 fully saturated rings. The van der Waals surface area contributed by atoms with Gasteiger partial charge in [0.1, 0.15) is 50.2 Å². The van der Waals surface area contributed by atoms with E-state index in [4.69, 9.17) is 9.47 Å². The summed E-state index contributed by atoms with van der Waals surface area (Å²) in [5.74, 6) is 3.89. The Balaban J connectivity index is 0.00000456. The van der Waals surface area contributed by atoms with Gasteiger partial charge in [-0.1, -0.05) is 91.8 Å². The molecular weight excluding hydrogens is 468 g/mol. The molecular formula is C31H45ClN2O2. The van der Waals surface area contributed by atoms with Gasteiger partial charge in [0.05, 0.1) is 0 Å². The molecule has 0 saturated heterocycles. The average Bonchev–Trinajstić information content (AvgIpc) is 3.26. The third kappa shape index (κ3) is 7.52. The van der Waals surface area contributed by atoms with Crippen molar-refractivity contribution in [1.82, 2.24) is 4.57 Å². The number of benzene rings is 2. The van der Waals surface area contributed by atoms with Crippen LogP contribution in [0.15, 0.2) is 55.1 Å². The largest absolute Gasteiger partial charge is 1.00 e. The van der Waals surface area contributed by atoms with E-state index in [2.05, 4.69) is 120 Å². The Kier molecular flexibility index (Phi) is 11.4. The zero-order chi connectivity index (χ0) is 25.5. The van der Waals surface area contributed by atoms with Crippen molar-refractivity contribution in [2.75, 3.05) is 13.2 Å². The lowest BCUT2D eigenvalue weighted by Crippen LogP contribution is -3.00. The molecule has 1 aromatic heterocycles. The van der Waals surface area contributed by atoms with Crippen LogP contribution in [0.4, 0.5) is 0 Å². The molecule has 0 amide bonds. The highest BCUT2D eigenvalue weighted by Gasteiger charge is 2.17. The van der Waals surface area contributed by atoms with Crippen molar-refractivity contribution in [1.29, 1.82) is 0 Å². The van der Waals surface area contributed by atoms with Gasteiger partial charge in [0.15, 0.2) is 0 Å². The van der Waals surface area contributed by atoms with Crippen molar-refractivity contribution in [3.8, 4) is 11.5 Å². The Labute approximate surface area is 225 Å².